The Labute approximate surface area is 76.9 Å². The van der Waals surface area contributed by atoms with Crippen LogP contribution in [0.2, 0.25) is 0 Å². The van der Waals surface area contributed by atoms with Gasteiger partial charge in [-0.15, -0.1) is 0 Å². The fourth-order valence-corrected chi connectivity index (χ4v) is 2.35. The van der Waals surface area contributed by atoms with Crippen LogP contribution >= 0.6 is 11.8 Å². The van der Waals surface area contributed by atoms with E-state index in [2.05, 4.69) is 5.32 Å². The number of hydrogen-bond acceptors (Lipinski definition) is 3. The molecule has 1 fully saturated rings. The average Bonchev–Trinajstić information content (AvgIpc) is 2.51. The summed E-state index contributed by atoms with van der Waals surface area (Å²) in [6, 6.07) is 0. The number of aliphatic hydroxyl groups is 1. The van der Waals surface area contributed by atoms with Crippen LogP contribution in [0, 0.1) is 5.92 Å². The van der Waals surface area contributed by atoms with Crippen molar-refractivity contribution < 1.29 is 9.90 Å². The van der Waals surface area contributed by atoms with Gasteiger partial charge in [0, 0.05) is 18.2 Å². The Hall–Kier alpha value is -0.220. The molecule has 2 N–H and O–H groups in total. The van der Waals surface area contributed by atoms with Gasteiger partial charge in [0.15, 0.2) is 0 Å². The maximum absolute atomic E-state index is 11.3. The molecule has 1 aliphatic heterocycles. The summed E-state index contributed by atoms with van der Waals surface area (Å²) in [6.07, 6.45) is 0.541. The molecule has 1 rings (SSSR count). The summed E-state index contributed by atoms with van der Waals surface area (Å²) in [5.74, 6) is 2.30. The van der Waals surface area contributed by atoms with Gasteiger partial charge in [-0.25, -0.2) is 0 Å². The van der Waals surface area contributed by atoms with E-state index in [0.29, 0.717) is 6.54 Å². The molecule has 0 spiro atoms. The third-order valence-corrected chi connectivity index (χ3v) is 3.03. The van der Waals surface area contributed by atoms with Gasteiger partial charge in [0.1, 0.15) is 0 Å². The summed E-state index contributed by atoms with van der Waals surface area (Å²) in [4.78, 5) is 11.3. The summed E-state index contributed by atoms with van der Waals surface area (Å²) >= 11 is 1.82. The molecule has 0 radical (unpaired) electrons. The van der Waals surface area contributed by atoms with Crippen molar-refractivity contribution in [3.05, 3.63) is 0 Å². The van der Waals surface area contributed by atoms with Gasteiger partial charge < -0.3 is 10.4 Å². The van der Waals surface area contributed by atoms with Gasteiger partial charge in [0.05, 0.1) is 6.10 Å². The van der Waals surface area contributed by atoms with Crippen LogP contribution in [0.3, 0.4) is 0 Å². The summed E-state index contributed by atoms with van der Waals surface area (Å²) < 4.78 is 0. The Morgan fingerprint density at radius 1 is 1.83 bits per heavy atom. The third kappa shape index (κ3) is 3.03. The maximum atomic E-state index is 11.3. The first-order chi connectivity index (χ1) is 5.70. The highest BCUT2D eigenvalue weighted by Gasteiger charge is 2.22. The molecule has 2 atom stereocenters. The monoisotopic (exact) mass is 189 g/mol. The molecule has 1 unspecified atom stereocenters. The van der Waals surface area contributed by atoms with Gasteiger partial charge >= 0.3 is 0 Å². The zero-order valence-electron chi connectivity index (χ0n) is 7.25. The Morgan fingerprint density at radius 3 is 3.08 bits per heavy atom. The van der Waals surface area contributed by atoms with Crippen LogP contribution in [0.15, 0.2) is 0 Å². The van der Waals surface area contributed by atoms with Crippen molar-refractivity contribution >= 4 is 17.7 Å². The molecule has 0 saturated carbocycles. The summed E-state index contributed by atoms with van der Waals surface area (Å²) in [6.45, 7) is 2.05. The number of hydrogen-bond donors (Lipinski definition) is 2. The predicted molar refractivity (Wildman–Crippen MR) is 50.1 cm³/mol. The first-order valence-corrected chi connectivity index (χ1v) is 5.39. The summed E-state index contributed by atoms with van der Waals surface area (Å²) in [5.41, 5.74) is 0. The minimum absolute atomic E-state index is 0.0981. The molecule has 0 aromatic rings. The van der Waals surface area contributed by atoms with Gasteiger partial charge in [-0.05, 0) is 19.1 Å². The van der Waals surface area contributed by atoms with Crippen molar-refractivity contribution in [2.75, 3.05) is 18.1 Å². The van der Waals surface area contributed by atoms with E-state index in [1.165, 1.54) is 0 Å². The van der Waals surface area contributed by atoms with Crippen molar-refractivity contribution in [3.8, 4) is 0 Å². The maximum Gasteiger partial charge on any atom is 0.224 e. The van der Waals surface area contributed by atoms with Gasteiger partial charge in [0.25, 0.3) is 0 Å². The van der Waals surface area contributed by atoms with E-state index in [9.17, 15) is 4.79 Å². The van der Waals surface area contributed by atoms with E-state index in [0.717, 1.165) is 17.9 Å². The summed E-state index contributed by atoms with van der Waals surface area (Å²) in [5, 5.41) is 11.6. The number of amides is 1. The summed E-state index contributed by atoms with van der Waals surface area (Å²) in [7, 11) is 0. The van der Waals surface area contributed by atoms with Gasteiger partial charge in [-0.1, -0.05) is 0 Å². The molecule has 0 aromatic heterocycles. The molecular formula is C8H15NO2S. The van der Waals surface area contributed by atoms with Gasteiger partial charge in [-0.3, -0.25) is 4.79 Å². The molecule has 0 aliphatic carbocycles. The van der Waals surface area contributed by atoms with E-state index in [1.54, 1.807) is 6.92 Å². The lowest BCUT2D eigenvalue weighted by atomic mass is 10.1. The van der Waals surface area contributed by atoms with E-state index >= 15 is 0 Å². The molecule has 1 heterocycles. The third-order valence-electron chi connectivity index (χ3n) is 1.87. The number of carbonyl (C=O) groups excluding carboxylic acids is 1. The van der Waals surface area contributed by atoms with Crippen molar-refractivity contribution in [3.63, 3.8) is 0 Å². The normalized spacial score (nSPS) is 25.3. The second-order valence-electron chi connectivity index (χ2n) is 3.15. The predicted octanol–water partition coefficient (Wildman–Crippen LogP) is 0.237. The highest BCUT2D eigenvalue weighted by atomic mass is 32.2. The van der Waals surface area contributed by atoms with Crippen LogP contribution in [0.25, 0.3) is 0 Å². The lowest BCUT2D eigenvalue weighted by molar-refractivity contribution is -0.124. The largest absolute Gasteiger partial charge is 0.392 e. The Morgan fingerprint density at radius 2 is 2.58 bits per heavy atom. The lowest BCUT2D eigenvalue weighted by Gasteiger charge is -2.10. The number of carbonyl (C=O) groups is 1. The fourth-order valence-electron chi connectivity index (χ4n) is 1.13. The average molecular weight is 189 g/mol. The van der Waals surface area contributed by atoms with E-state index in [-0.39, 0.29) is 11.8 Å². The Bertz CT molecular complexity index is 155. The number of aliphatic hydroxyl groups excluding tert-OH is 1. The van der Waals surface area contributed by atoms with Crippen LogP contribution in [-0.2, 0) is 4.79 Å². The minimum Gasteiger partial charge on any atom is -0.392 e. The van der Waals surface area contributed by atoms with Crippen molar-refractivity contribution in [2.24, 2.45) is 5.92 Å². The topological polar surface area (TPSA) is 49.3 Å². The van der Waals surface area contributed by atoms with E-state index in [1.807, 2.05) is 11.8 Å². The second-order valence-corrected chi connectivity index (χ2v) is 4.30. The Kier molecular flexibility index (Phi) is 3.88. The molecule has 12 heavy (non-hydrogen) atoms. The standard InChI is InChI=1S/C8H15NO2S/c1-6(10)4-9-8(11)7-2-3-12-5-7/h6-7,10H,2-5H2,1H3,(H,9,11)/t6-,7?/m1/s1. The molecular weight excluding hydrogens is 174 g/mol. The molecule has 3 nitrogen and oxygen atoms in total. The van der Waals surface area contributed by atoms with Gasteiger partial charge in [-0.2, -0.15) is 11.8 Å². The van der Waals surface area contributed by atoms with Crippen LogP contribution < -0.4 is 5.32 Å². The van der Waals surface area contributed by atoms with Crippen molar-refractivity contribution in [2.45, 2.75) is 19.4 Å². The fraction of sp³-hybridized carbons (Fsp3) is 0.875. The number of nitrogens with one attached hydrogen (secondary N) is 1. The molecule has 0 aromatic carbocycles. The highest BCUT2D eigenvalue weighted by molar-refractivity contribution is 7.99. The Balaban J connectivity index is 2.18. The molecule has 4 heteroatoms. The SMILES string of the molecule is C[C@@H](O)CNC(=O)C1CCSC1. The minimum atomic E-state index is -0.442. The van der Waals surface area contributed by atoms with Crippen molar-refractivity contribution in [1.29, 1.82) is 0 Å². The van der Waals surface area contributed by atoms with Crippen LogP contribution in [0.5, 0.6) is 0 Å². The number of thioether (sulfide) groups is 1. The van der Waals surface area contributed by atoms with E-state index < -0.39 is 6.10 Å². The zero-order chi connectivity index (χ0) is 8.97. The first kappa shape index (κ1) is 9.86. The van der Waals surface area contributed by atoms with Crippen LogP contribution in [0.1, 0.15) is 13.3 Å². The highest BCUT2D eigenvalue weighted by Crippen LogP contribution is 2.23. The smallest absolute Gasteiger partial charge is 0.224 e. The quantitative estimate of drug-likeness (QED) is 0.668. The second kappa shape index (κ2) is 4.72. The molecule has 0 bridgehead atoms. The van der Waals surface area contributed by atoms with Crippen molar-refractivity contribution in [1.82, 2.24) is 5.32 Å². The van der Waals surface area contributed by atoms with Crippen LogP contribution in [0.4, 0.5) is 0 Å². The van der Waals surface area contributed by atoms with E-state index in [4.69, 9.17) is 5.11 Å². The molecule has 1 saturated heterocycles. The zero-order valence-corrected chi connectivity index (χ0v) is 8.06. The number of rotatable bonds is 3. The molecule has 70 valence electrons. The first-order valence-electron chi connectivity index (χ1n) is 4.23. The lowest BCUT2D eigenvalue weighted by Crippen LogP contribution is -2.35. The molecule has 1 aliphatic rings. The van der Waals surface area contributed by atoms with Gasteiger partial charge in [0.2, 0.25) is 5.91 Å². The van der Waals surface area contributed by atoms with Crippen LogP contribution in [-0.4, -0.2) is 35.2 Å². The molecule has 1 amide bonds.